The van der Waals surface area contributed by atoms with Crippen molar-refractivity contribution in [2.75, 3.05) is 31.2 Å². The smallest absolute Gasteiger partial charge is 0.267 e. The molecular weight excluding hydrogens is 382 g/mol. The maximum absolute atomic E-state index is 13.2. The molecule has 2 aliphatic rings. The molecule has 2 aromatic rings. The molecule has 1 N–H and O–H groups in total. The number of amides is 1. The predicted octanol–water partition coefficient (Wildman–Crippen LogP) is 1.89. The SMILES string of the molecule is N#CC(=Cc1c(N2CCOCC2)nc2ccccn2c1=O)C(=O)NC1CCCCC1. The number of nitriles is 1. The fraction of sp³-hybridized carbons (Fsp3) is 0.455. The highest BCUT2D eigenvalue weighted by Crippen LogP contribution is 2.21. The first kappa shape index (κ1) is 20.1. The first-order chi connectivity index (χ1) is 14.7. The lowest BCUT2D eigenvalue weighted by atomic mass is 9.95. The molecule has 30 heavy (non-hydrogen) atoms. The van der Waals surface area contributed by atoms with E-state index in [-0.39, 0.29) is 22.7 Å². The van der Waals surface area contributed by atoms with Gasteiger partial charge >= 0.3 is 0 Å². The molecular formula is C22H25N5O3. The average Bonchev–Trinajstić information content (AvgIpc) is 2.79. The summed E-state index contributed by atoms with van der Waals surface area (Å²) in [6.45, 7) is 2.25. The Kier molecular flexibility index (Phi) is 6.10. The van der Waals surface area contributed by atoms with Crippen LogP contribution < -0.4 is 15.8 Å². The van der Waals surface area contributed by atoms with Crippen molar-refractivity contribution in [2.45, 2.75) is 38.1 Å². The molecule has 4 rings (SSSR count). The molecule has 0 spiro atoms. The molecule has 2 fully saturated rings. The van der Waals surface area contributed by atoms with Gasteiger partial charge in [0.05, 0.1) is 18.8 Å². The first-order valence-electron chi connectivity index (χ1n) is 10.4. The van der Waals surface area contributed by atoms with Crippen molar-refractivity contribution < 1.29 is 9.53 Å². The fourth-order valence-electron chi connectivity index (χ4n) is 4.04. The Balaban J connectivity index is 1.75. The number of nitrogens with zero attached hydrogens (tertiary/aromatic N) is 4. The van der Waals surface area contributed by atoms with E-state index >= 15 is 0 Å². The summed E-state index contributed by atoms with van der Waals surface area (Å²) in [4.78, 5) is 32.6. The molecule has 1 amide bonds. The van der Waals surface area contributed by atoms with E-state index < -0.39 is 5.91 Å². The molecule has 156 valence electrons. The maximum Gasteiger partial charge on any atom is 0.267 e. The molecule has 8 heteroatoms. The first-order valence-corrected chi connectivity index (χ1v) is 10.4. The normalized spacial score (nSPS) is 18.2. The Morgan fingerprint density at radius 2 is 2.00 bits per heavy atom. The lowest BCUT2D eigenvalue weighted by Crippen LogP contribution is -2.39. The van der Waals surface area contributed by atoms with E-state index in [1.54, 1.807) is 18.3 Å². The zero-order valence-electron chi connectivity index (χ0n) is 16.8. The van der Waals surface area contributed by atoms with E-state index in [9.17, 15) is 14.9 Å². The Labute approximate surface area is 174 Å². The van der Waals surface area contributed by atoms with Crippen molar-refractivity contribution in [3.05, 3.63) is 45.9 Å². The number of ether oxygens (including phenoxy) is 1. The quantitative estimate of drug-likeness (QED) is 0.614. The van der Waals surface area contributed by atoms with Crippen LogP contribution in [0, 0.1) is 11.3 Å². The summed E-state index contributed by atoms with van der Waals surface area (Å²) in [6.07, 6.45) is 8.20. The lowest BCUT2D eigenvalue weighted by Gasteiger charge is -2.29. The van der Waals surface area contributed by atoms with Crippen LogP contribution in [0.3, 0.4) is 0 Å². The molecule has 0 radical (unpaired) electrons. The van der Waals surface area contributed by atoms with Gasteiger partial charge in [-0.05, 0) is 31.1 Å². The minimum atomic E-state index is -0.435. The summed E-state index contributed by atoms with van der Waals surface area (Å²) in [7, 11) is 0. The van der Waals surface area contributed by atoms with Gasteiger partial charge in [0.25, 0.3) is 11.5 Å². The van der Waals surface area contributed by atoms with E-state index in [1.165, 1.54) is 16.9 Å². The van der Waals surface area contributed by atoms with E-state index in [4.69, 9.17) is 4.74 Å². The van der Waals surface area contributed by atoms with Gasteiger partial charge in [-0.3, -0.25) is 14.0 Å². The van der Waals surface area contributed by atoms with Gasteiger partial charge in [0.15, 0.2) is 0 Å². The number of aromatic nitrogens is 2. The Bertz CT molecular complexity index is 1060. The van der Waals surface area contributed by atoms with E-state index in [2.05, 4.69) is 10.3 Å². The second-order valence-electron chi connectivity index (χ2n) is 7.66. The van der Waals surface area contributed by atoms with E-state index in [0.29, 0.717) is 37.8 Å². The van der Waals surface area contributed by atoms with Gasteiger partial charge < -0.3 is 15.0 Å². The van der Waals surface area contributed by atoms with Crippen LogP contribution in [0.25, 0.3) is 11.7 Å². The predicted molar refractivity (Wildman–Crippen MR) is 113 cm³/mol. The average molecular weight is 407 g/mol. The van der Waals surface area contributed by atoms with Crippen molar-refractivity contribution in [1.29, 1.82) is 5.26 Å². The van der Waals surface area contributed by atoms with Gasteiger partial charge in [-0.15, -0.1) is 0 Å². The fourth-order valence-corrected chi connectivity index (χ4v) is 4.04. The molecule has 0 aromatic carbocycles. The monoisotopic (exact) mass is 407 g/mol. The molecule has 8 nitrogen and oxygen atoms in total. The van der Waals surface area contributed by atoms with Gasteiger partial charge in [0.1, 0.15) is 23.1 Å². The zero-order valence-corrected chi connectivity index (χ0v) is 16.8. The van der Waals surface area contributed by atoms with E-state index in [1.807, 2.05) is 17.0 Å². The van der Waals surface area contributed by atoms with Gasteiger partial charge in [-0.1, -0.05) is 25.3 Å². The third-order valence-electron chi connectivity index (χ3n) is 5.65. The highest BCUT2D eigenvalue weighted by Gasteiger charge is 2.22. The van der Waals surface area contributed by atoms with Crippen molar-refractivity contribution in [3.63, 3.8) is 0 Å². The van der Waals surface area contributed by atoms with Crippen molar-refractivity contribution in [2.24, 2.45) is 0 Å². The van der Waals surface area contributed by atoms with Gasteiger partial charge in [-0.25, -0.2) is 4.98 Å². The third kappa shape index (κ3) is 4.21. The highest BCUT2D eigenvalue weighted by atomic mass is 16.5. The van der Waals surface area contributed by atoms with Crippen LogP contribution in [-0.2, 0) is 9.53 Å². The number of carbonyl (C=O) groups excluding carboxylic acids is 1. The Morgan fingerprint density at radius 1 is 1.23 bits per heavy atom. The van der Waals surface area contributed by atoms with Crippen molar-refractivity contribution in [1.82, 2.24) is 14.7 Å². The van der Waals surface area contributed by atoms with Crippen molar-refractivity contribution in [3.8, 4) is 6.07 Å². The zero-order chi connectivity index (χ0) is 20.9. The van der Waals surface area contributed by atoms with E-state index in [0.717, 1.165) is 25.7 Å². The highest BCUT2D eigenvalue weighted by molar-refractivity contribution is 6.02. The van der Waals surface area contributed by atoms with Crippen LogP contribution in [0.5, 0.6) is 0 Å². The Hall–Kier alpha value is -3.18. The molecule has 1 saturated carbocycles. The molecule has 1 aliphatic carbocycles. The van der Waals surface area contributed by atoms with Crippen LogP contribution in [-0.4, -0.2) is 47.6 Å². The van der Waals surface area contributed by atoms with Gasteiger partial charge in [-0.2, -0.15) is 5.26 Å². The largest absolute Gasteiger partial charge is 0.378 e. The van der Waals surface area contributed by atoms with Gasteiger partial charge in [0.2, 0.25) is 0 Å². The second-order valence-corrected chi connectivity index (χ2v) is 7.66. The molecule has 0 bridgehead atoms. The summed E-state index contributed by atoms with van der Waals surface area (Å²) in [5.74, 6) is 0.0441. The van der Waals surface area contributed by atoms with Crippen LogP contribution in [0.4, 0.5) is 5.82 Å². The number of nitrogens with one attached hydrogen (secondary N) is 1. The Morgan fingerprint density at radius 3 is 2.73 bits per heavy atom. The molecule has 1 saturated heterocycles. The summed E-state index contributed by atoms with van der Waals surface area (Å²) < 4.78 is 6.85. The minimum absolute atomic E-state index is 0.0788. The van der Waals surface area contributed by atoms with Crippen molar-refractivity contribution >= 4 is 23.4 Å². The standard InChI is InChI=1S/C22H25N5O3/c23-15-16(21(28)24-17-6-2-1-3-7-17)14-18-20(26-10-12-30-13-11-26)25-19-8-4-5-9-27(19)22(18)29/h4-5,8-9,14,17H,1-3,6-7,10-13H2,(H,24,28). The number of carbonyl (C=O) groups is 1. The molecule has 0 unspecified atom stereocenters. The number of morpholine rings is 1. The topological polar surface area (TPSA) is 99.7 Å². The number of pyridine rings is 1. The molecule has 2 aromatic heterocycles. The third-order valence-corrected chi connectivity index (χ3v) is 5.65. The number of rotatable bonds is 4. The second kappa shape index (κ2) is 9.09. The van der Waals surface area contributed by atoms with Crippen LogP contribution in [0.1, 0.15) is 37.7 Å². The molecule has 1 aliphatic heterocycles. The number of fused-ring (bicyclic) bond motifs is 1. The maximum atomic E-state index is 13.2. The number of hydrogen-bond donors (Lipinski definition) is 1. The number of hydrogen-bond acceptors (Lipinski definition) is 6. The molecule has 3 heterocycles. The summed E-state index contributed by atoms with van der Waals surface area (Å²) in [6, 6.07) is 7.39. The minimum Gasteiger partial charge on any atom is -0.378 e. The summed E-state index contributed by atoms with van der Waals surface area (Å²) in [5, 5.41) is 12.6. The van der Waals surface area contributed by atoms with Crippen LogP contribution >= 0.6 is 0 Å². The number of anilines is 1. The van der Waals surface area contributed by atoms with Crippen LogP contribution in [0.15, 0.2) is 34.8 Å². The van der Waals surface area contributed by atoms with Crippen LogP contribution in [0.2, 0.25) is 0 Å². The molecule has 0 atom stereocenters. The van der Waals surface area contributed by atoms with Gasteiger partial charge in [0, 0.05) is 25.3 Å². The summed E-state index contributed by atoms with van der Waals surface area (Å²) in [5.41, 5.74) is 0.382. The lowest BCUT2D eigenvalue weighted by molar-refractivity contribution is -0.117. The summed E-state index contributed by atoms with van der Waals surface area (Å²) >= 11 is 0.